The second kappa shape index (κ2) is 5.68. The summed E-state index contributed by atoms with van der Waals surface area (Å²) < 4.78 is 11.2. The van der Waals surface area contributed by atoms with Gasteiger partial charge in [-0.1, -0.05) is 18.2 Å². The third-order valence-corrected chi connectivity index (χ3v) is 4.14. The summed E-state index contributed by atoms with van der Waals surface area (Å²) in [6.07, 6.45) is 0. The highest BCUT2D eigenvalue weighted by Gasteiger charge is 2.10. The average molecular weight is 273 g/mol. The molecule has 0 aliphatic heterocycles. The number of furan rings is 1. The Morgan fingerprint density at radius 2 is 1.89 bits per heavy atom. The van der Waals surface area contributed by atoms with Crippen LogP contribution < -0.4 is 0 Å². The number of thiol groups is 1. The number of rotatable bonds is 5. The molecule has 0 unspecified atom stereocenters. The lowest BCUT2D eigenvalue weighted by molar-refractivity contribution is 0.164. The summed E-state index contributed by atoms with van der Waals surface area (Å²) in [6.45, 7) is 3.64. The first kappa shape index (κ1) is 12.6. The highest BCUT2D eigenvalue weighted by Crippen LogP contribution is 2.29. The standard InChI is InChI=1S/C16H16O2S/c1-2-17-9-10-19-12-7-8-16-14(11-12)13-5-3-4-6-15(13)18-16/h3-8,11H,2,9-10H2,1H3/p+1. The first-order valence-electron chi connectivity index (χ1n) is 6.55. The quantitative estimate of drug-likeness (QED) is 0.401. The summed E-state index contributed by atoms with van der Waals surface area (Å²) in [4.78, 5) is 1.32. The summed E-state index contributed by atoms with van der Waals surface area (Å²) in [5.41, 5.74) is 1.92. The molecule has 3 aromatic rings. The fourth-order valence-corrected chi connectivity index (χ4v) is 3.07. The highest BCUT2D eigenvalue weighted by atomic mass is 32.2. The van der Waals surface area contributed by atoms with E-state index in [-0.39, 0.29) is 0 Å². The van der Waals surface area contributed by atoms with Crippen molar-refractivity contribution < 1.29 is 9.15 Å². The molecule has 0 radical (unpaired) electrons. The number of hydrogen-bond acceptors (Lipinski definition) is 2. The Kier molecular flexibility index (Phi) is 3.76. The van der Waals surface area contributed by atoms with E-state index < -0.39 is 0 Å². The molecule has 1 aromatic heterocycles. The van der Waals surface area contributed by atoms with Gasteiger partial charge >= 0.3 is 0 Å². The molecule has 3 heteroatoms. The van der Waals surface area contributed by atoms with Gasteiger partial charge in [0.15, 0.2) is 4.90 Å². The van der Waals surface area contributed by atoms with Crippen molar-refractivity contribution in [2.24, 2.45) is 0 Å². The van der Waals surface area contributed by atoms with Gasteiger partial charge in [0.2, 0.25) is 0 Å². The van der Waals surface area contributed by atoms with Crippen LogP contribution in [0.2, 0.25) is 0 Å². The topological polar surface area (TPSA) is 22.4 Å². The second-order valence-corrected chi connectivity index (χ2v) is 5.64. The van der Waals surface area contributed by atoms with Crippen LogP contribution in [0.1, 0.15) is 6.92 Å². The zero-order valence-corrected chi connectivity index (χ0v) is 11.8. The summed E-state index contributed by atoms with van der Waals surface area (Å²) in [5, 5.41) is 2.40. The number of para-hydroxylation sites is 1. The molecular weight excluding hydrogens is 256 g/mol. The van der Waals surface area contributed by atoms with E-state index in [0.29, 0.717) is 0 Å². The maximum Gasteiger partial charge on any atom is 0.153 e. The van der Waals surface area contributed by atoms with E-state index in [9.17, 15) is 0 Å². The first-order chi connectivity index (χ1) is 9.38. The van der Waals surface area contributed by atoms with Crippen LogP contribution in [0, 0.1) is 0 Å². The number of fused-ring (bicyclic) bond motifs is 3. The van der Waals surface area contributed by atoms with Crippen LogP contribution in [0.5, 0.6) is 0 Å². The summed E-state index contributed by atoms with van der Waals surface area (Å²) in [5.74, 6) is 1.04. The fourth-order valence-electron chi connectivity index (χ4n) is 2.20. The molecule has 2 nitrogen and oxygen atoms in total. The van der Waals surface area contributed by atoms with E-state index in [0.717, 1.165) is 30.1 Å². The largest absolute Gasteiger partial charge is 0.456 e. The predicted molar refractivity (Wildman–Crippen MR) is 82.1 cm³/mol. The van der Waals surface area contributed by atoms with Crippen LogP contribution in [-0.2, 0) is 16.5 Å². The predicted octanol–water partition coefficient (Wildman–Crippen LogP) is 3.80. The number of benzene rings is 2. The van der Waals surface area contributed by atoms with Gasteiger partial charge in [0.25, 0.3) is 0 Å². The lowest BCUT2D eigenvalue weighted by Crippen LogP contribution is -2.01. The minimum Gasteiger partial charge on any atom is -0.456 e. The van der Waals surface area contributed by atoms with Crippen LogP contribution in [0.4, 0.5) is 0 Å². The van der Waals surface area contributed by atoms with Crippen molar-refractivity contribution in [3.8, 4) is 0 Å². The van der Waals surface area contributed by atoms with Crippen LogP contribution in [0.25, 0.3) is 21.9 Å². The number of ether oxygens (including phenoxy) is 1. The van der Waals surface area contributed by atoms with Crippen LogP contribution in [0.15, 0.2) is 51.8 Å². The first-order valence-corrected chi connectivity index (χ1v) is 7.63. The van der Waals surface area contributed by atoms with Crippen molar-refractivity contribution in [1.82, 2.24) is 0 Å². The lowest BCUT2D eigenvalue weighted by Gasteiger charge is -1.95. The van der Waals surface area contributed by atoms with E-state index in [2.05, 4.69) is 30.3 Å². The van der Waals surface area contributed by atoms with Gasteiger partial charge in [0, 0.05) is 35.2 Å². The normalized spacial score (nSPS) is 11.4. The molecule has 3 rings (SSSR count). The molecule has 0 bridgehead atoms. The van der Waals surface area contributed by atoms with Gasteiger partial charge in [-0.15, -0.1) is 0 Å². The molecule has 0 aliphatic carbocycles. The highest BCUT2D eigenvalue weighted by molar-refractivity contribution is 7.78. The van der Waals surface area contributed by atoms with Gasteiger partial charge in [-0.2, -0.15) is 0 Å². The van der Waals surface area contributed by atoms with Crippen molar-refractivity contribution in [3.63, 3.8) is 0 Å². The molecule has 0 spiro atoms. The molecule has 0 aliphatic rings. The molecule has 19 heavy (non-hydrogen) atoms. The molecule has 0 amide bonds. The minimum atomic E-state index is 0.793. The zero-order chi connectivity index (χ0) is 13.1. The van der Waals surface area contributed by atoms with Gasteiger partial charge in [0.1, 0.15) is 16.9 Å². The van der Waals surface area contributed by atoms with Gasteiger partial charge < -0.3 is 9.15 Å². The third kappa shape index (κ3) is 2.62. The van der Waals surface area contributed by atoms with Gasteiger partial charge in [0.05, 0.1) is 6.61 Å². The van der Waals surface area contributed by atoms with Crippen LogP contribution in [-0.4, -0.2) is 19.0 Å². The Balaban J connectivity index is 1.89. The van der Waals surface area contributed by atoms with E-state index in [1.165, 1.54) is 27.4 Å². The lowest BCUT2D eigenvalue weighted by atomic mass is 10.1. The van der Waals surface area contributed by atoms with Gasteiger partial charge in [-0.3, -0.25) is 0 Å². The van der Waals surface area contributed by atoms with Gasteiger partial charge in [-0.25, -0.2) is 0 Å². The number of hydrogen-bond donors (Lipinski definition) is 0. The van der Waals surface area contributed by atoms with Crippen molar-refractivity contribution in [2.75, 3.05) is 19.0 Å². The van der Waals surface area contributed by atoms with Crippen LogP contribution >= 0.6 is 0 Å². The van der Waals surface area contributed by atoms with Crippen molar-refractivity contribution in [3.05, 3.63) is 42.5 Å². The van der Waals surface area contributed by atoms with Gasteiger partial charge in [-0.05, 0) is 25.1 Å². The molecule has 0 N–H and O–H groups in total. The average Bonchev–Trinajstić information content (AvgIpc) is 2.82. The minimum absolute atomic E-state index is 0.793. The Bertz CT molecular complexity index is 687. The fraction of sp³-hybridized carbons (Fsp3) is 0.250. The molecule has 2 aromatic carbocycles. The summed E-state index contributed by atoms with van der Waals surface area (Å²) in [6, 6.07) is 14.6. The molecule has 0 saturated carbocycles. The molecular formula is C16H17O2S+. The van der Waals surface area contributed by atoms with Crippen molar-refractivity contribution >= 4 is 33.7 Å². The third-order valence-electron chi connectivity index (χ3n) is 3.09. The molecule has 0 fully saturated rings. The Morgan fingerprint density at radius 1 is 1.05 bits per heavy atom. The summed E-state index contributed by atoms with van der Waals surface area (Å²) in [7, 11) is 0. The molecule has 1 heterocycles. The smallest absolute Gasteiger partial charge is 0.153 e. The van der Waals surface area contributed by atoms with Crippen molar-refractivity contribution in [1.29, 1.82) is 0 Å². The Labute approximate surface area is 116 Å². The zero-order valence-electron chi connectivity index (χ0n) is 10.9. The molecule has 0 atom stereocenters. The van der Waals surface area contributed by atoms with E-state index >= 15 is 0 Å². The second-order valence-electron chi connectivity index (χ2n) is 4.36. The monoisotopic (exact) mass is 273 g/mol. The van der Waals surface area contributed by atoms with E-state index in [4.69, 9.17) is 9.15 Å². The van der Waals surface area contributed by atoms with E-state index in [1.54, 1.807) is 0 Å². The van der Waals surface area contributed by atoms with Crippen LogP contribution in [0.3, 0.4) is 0 Å². The maximum absolute atomic E-state index is 5.82. The van der Waals surface area contributed by atoms with E-state index in [1.807, 2.05) is 19.1 Å². The Morgan fingerprint density at radius 3 is 2.79 bits per heavy atom. The molecule has 98 valence electrons. The maximum atomic E-state index is 5.82. The summed E-state index contributed by atoms with van der Waals surface area (Å²) >= 11 is 1.31. The molecule has 0 saturated heterocycles. The Hall–Kier alpha value is -1.45. The SMILES string of the molecule is CCOCC[SH+]c1ccc2oc3ccccc3c2c1. The van der Waals surface area contributed by atoms with Crippen molar-refractivity contribution in [2.45, 2.75) is 11.8 Å².